The van der Waals surface area contributed by atoms with E-state index in [1.54, 1.807) is 31.4 Å². The number of terminal acetylenes is 1. The summed E-state index contributed by atoms with van der Waals surface area (Å²) >= 11 is 0. The number of ether oxygens (including phenoxy) is 2. The molecule has 0 aliphatic heterocycles. The number of aliphatic hydroxyl groups excluding tert-OH is 1. The number of rotatable bonds is 4. The molecular weight excluding hydrogens is 180 g/mol. The Morgan fingerprint density at radius 3 is 2.43 bits per heavy atom. The minimum Gasteiger partial charge on any atom is -0.497 e. The van der Waals surface area contributed by atoms with Crippen LogP contribution in [0.1, 0.15) is 0 Å². The Bertz CT molecular complexity index is 310. The van der Waals surface area contributed by atoms with Gasteiger partial charge in [0, 0.05) is 0 Å². The lowest BCUT2D eigenvalue weighted by Gasteiger charge is -2.07. The van der Waals surface area contributed by atoms with Crippen LogP contribution in [0.4, 0.5) is 0 Å². The van der Waals surface area contributed by atoms with Gasteiger partial charge in [-0.25, -0.2) is 0 Å². The first-order valence-electron chi connectivity index (χ1n) is 4.17. The van der Waals surface area contributed by atoms with Crippen molar-refractivity contribution in [3.8, 4) is 23.8 Å². The van der Waals surface area contributed by atoms with Crippen LogP contribution in [0.25, 0.3) is 0 Å². The van der Waals surface area contributed by atoms with E-state index in [2.05, 4.69) is 5.92 Å². The minimum atomic E-state index is -0.864. The molecule has 1 rings (SSSR count). The second-order valence-electron chi connectivity index (χ2n) is 2.67. The van der Waals surface area contributed by atoms with E-state index in [-0.39, 0.29) is 6.61 Å². The molecule has 0 aromatic heterocycles. The van der Waals surface area contributed by atoms with Crippen molar-refractivity contribution in [3.63, 3.8) is 0 Å². The highest BCUT2D eigenvalue weighted by molar-refractivity contribution is 5.31. The molecular formula is C11H12O3. The predicted octanol–water partition coefficient (Wildman–Crippen LogP) is 1.07. The molecule has 1 N–H and O–H groups in total. The third-order valence-corrected chi connectivity index (χ3v) is 1.66. The highest BCUT2D eigenvalue weighted by Gasteiger charge is 2.00. The lowest BCUT2D eigenvalue weighted by molar-refractivity contribution is 0.151. The Morgan fingerprint density at radius 2 is 1.93 bits per heavy atom. The van der Waals surface area contributed by atoms with Crippen LogP contribution in [0.2, 0.25) is 0 Å². The van der Waals surface area contributed by atoms with Crippen LogP contribution in [-0.4, -0.2) is 24.9 Å². The van der Waals surface area contributed by atoms with Crippen LogP contribution in [0.15, 0.2) is 24.3 Å². The minimum absolute atomic E-state index is 0.100. The van der Waals surface area contributed by atoms with E-state index in [9.17, 15) is 0 Å². The Labute approximate surface area is 83.3 Å². The Morgan fingerprint density at radius 1 is 1.36 bits per heavy atom. The van der Waals surface area contributed by atoms with Gasteiger partial charge in [-0.05, 0) is 24.3 Å². The molecule has 1 aromatic rings. The van der Waals surface area contributed by atoms with Gasteiger partial charge in [-0.3, -0.25) is 0 Å². The van der Waals surface area contributed by atoms with Crippen molar-refractivity contribution in [2.24, 2.45) is 0 Å². The molecule has 0 aliphatic carbocycles. The van der Waals surface area contributed by atoms with Gasteiger partial charge in [0.1, 0.15) is 24.2 Å². The summed E-state index contributed by atoms with van der Waals surface area (Å²) in [6.45, 7) is 0.100. The molecule has 0 unspecified atom stereocenters. The van der Waals surface area contributed by atoms with Gasteiger partial charge in [-0.15, -0.1) is 6.42 Å². The average molecular weight is 192 g/mol. The fourth-order valence-electron chi connectivity index (χ4n) is 0.895. The first-order chi connectivity index (χ1) is 6.76. The molecule has 1 atom stereocenters. The second-order valence-corrected chi connectivity index (χ2v) is 2.67. The number of aliphatic hydroxyl groups is 1. The van der Waals surface area contributed by atoms with E-state index < -0.39 is 6.10 Å². The van der Waals surface area contributed by atoms with Gasteiger partial charge in [0.05, 0.1) is 7.11 Å². The van der Waals surface area contributed by atoms with Crippen LogP contribution in [0.3, 0.4) is 0 Å². The van der Waals surface area contributed by atoms with Crippen molar-refractivity contribution in [2.45, 2.75) is 6.10 Å². The fraction of sp³-hybridized carbons (Fsp3) is 0.273. The van der Waals surface area contributed by atoms with Crippen LogP contribution in [0.5, 0.6) is 11.5 Å². The summed E-state index contributed by atoms with van der Waals surface area (Å²) < 4.78 is 10.2. The van der Waals surface area contributed by atoms with Gasteiger partial charge < -0.3 is 14.6 Å². The molecule has 0 heterocycles. The molecule has 0 amide bonds. The summed E-state index contributed by atoms with van der Waals surface area (Å²) in [6.07, 6.45) is 4.12. The molecule has 14 heavy (non-hydrogen) atoms. The molecule has 0 saturated heterocycles. The van der Waals surface area contributed by atoms with Crippen LogP contribution in [-0.2, 0) is 0 Å². The average Bonchev–Trinajstić information content (AvgIpc) is 2.26. The Kier molecular flexibility index (Phi) is 3.84. The molecule has 74 valence electrons. The highest BCUT2D eigenvalue weighted by Crippen LogP contribution is 2.16. The lowest BCUT2D eigenvalue weighted by atomic mass is 10.3. The number of benzene rings is 1. The van der Waals surface area contributed by atoms with Gasteiger partial charge in [-0.2, -0.15) is 0 Å². The molecule has 0 spiro atoms. The summed E-state index contributed by atoms with van der Waals surface area (Å²) in [7, 11) is 1.60. The van der Waals surface area contributed by atoms with E-state index in [1.807, 2.05) is 0 Å². The standard InChI is InChI=1S/C11H12O3/c1-3-9(12)8-14-11-6-4-10(13-2)5-7-11/h1,4-7,9,12H,8H2,2H3/t9-/m0/s1. The van der Waals surface area contributed by atoms with Crippen molar-refractivity contribution in [1.29, 1.82) is 0 Å². The predicted molar refractivity (Wildman–Crippen MR) is 53.3 cm³/mol. The molecule has 3 heteroatoms. The maximum Gasteiger partial charge on any atom is 0.148 e. The molecule has 0 bridgehead atoms. The SMILES string of the molecule is C#C[C@H](O)COc1ccc(OC)cc1. The van der Waals surface area contributed by atoms with Gasteiger partial charge in [0.15, 0.2) is 0 Å². The van der Waals surface area contributed by atoms with Crippen molar-refractivity contribution in [1.82, 2.24) is 0 Å². The lowest BCUT2D eigenvalue weighted by Crippen LogP contribution is -2.14. The zero-order valence-electron chi connectivity index (χ0n) is 7.93. The van der Waals surface area contributed by atoms with Gasteiger partial charge in [0.25, 0.3) is 0 Å². The topological polar surface area (TPSA) is 38.7 Å². The van der Waals surface area contributed by atoms with Crippen LogP contribution < -0.4 is 9.47 Å². The molecule has 1 aromatic carbocycles. The van der Waals surface area contributed by atoms with Crippen LogP contribution >= 0.6 is 0 Å². The summed E-state index contributed by atoms with van der Waals surface area (Å²) in [5, 5.41) is 9.03. The number of methoxy groups -OCH3 is 1. The Balaban J connectivity index is 2.48. The number of hydrogen-bond acceptors (Lipinski definition) is 3. The second kappa shape index (κ2) is 5.15. The first kappa shape index (κ1) is 10.4. The van der Waals surface area contributed by atoms with Gasteiger partial charge in [0.2, 0.25) is 0 Å². The monoisotopic (exact) mass is 192 g/mol. The van der Waals surface area contributed by atoms with Gasteiger partial charge in [-0.1, -0.05) is 5.92 Å². The van der Waals surface area contributed by atoms with E-state index in [4.69, 9.17) is 21.0 Å². The zero-order valence-corrected chi connectivity index (χ0v) is 7.93. The highest BCUT2D eigenvalue weighted by atomic mass is 16.5. The quantitative estimate of drug-likeness (QED) is 0.725. The molecule has 0 fully saturated rings. The maximum absolute atomic E-state index is 9.03. The summed E-state index contributed by atoms with van der Waals surface area (Å²) in [5.41, 5.74) is 0. The third-order valence-electron chi connectivity index (χ3n) is 1.66. The largest absolute Gasteiger partial charge is 0.497 e. The smallest absolute Gasteiger partial charge is 0.148 e. The molecule has 0 aliphatic rings. The fourth-order valence-corrected chi connectivity index (χ4v) is 0.895. The van der Waals surface area contributed by atoms with Crippen molar-refractivity contribution >= 4 is 0 Å². The van der Waals surface area contributed by atoms with Crippen molar-refractivity contribution in [2.75, 3.05) is 13.7 Å². The zero-order chi connectivity index (χ0) is 10.4. The van der Waals surface area contributed by atoms with Crippen LogP contribution in [0, 0.1) is 12.3 Å². The summed E-state index contributed by atoms with van der Waals surface area (Å²) in [4.78, 5) is 0. The first-order valence-corrected chi connectivity index (χ1v) is 4.17. The van der Waals surface area contributed by atoms with Crippen molar-refractivity contribution < 1.29 is 14.6 Å². The Hall–Kier alpha value is -1.66. The van der Waals surface area contributed by atoms with Crippen molar-refractivity contribution in [3.05, 3.63) is 24.3 Å². The van der Waals surface area contributed by atoms with E-state index in [0.29, 0.717) is 5.75 Å². The molecule has 3 nitrogen and oxygen atoms in total. The maximum atomic E-state index is 9.03. The summed E-state index contributed by atoms with van der Waals surface area (Å²) in [6, 6.07) is 7.05. The molecule has 0 saturated carbocycles. The molecule has 0 radical (unpaired) electrons. The van der Waals surface area contributed by atoms with E-state index in [1.165, 1.54) is 0 Å². The van der Waals surface area contributed by atoms with E-state index >= 15 is 0 Å². The summed E-state index contributed by atoms with van der Waals surface area (Å²) in [5.74, 6) is 3.58. The van der Waals surface area contributed by atoms with Gasteiger partial charge >= 0.3 is 0 Å². The van der Waals surface area contributed by atoms with E-state index in [0.717, 1.165) is 5.75 Å². The normalized spacial score (nSPS) is 11.5. The number of hydrogen-bond donors (Lipinski definition) is 1. The third kappa shape index (κ3) is 3.00.